The van der Waals surface area contributed by atoms with Gasteiger partial charge in [0.1, 0.15) is 12.4 Å². The van der Waals surface area contributed by atoms with Crippen LogP contribution in [0.2, 0.25) is 0 Å². The predicted octanol–water partition coefficient (Wildman–Crippen LogP) is 2.60. The van der Waals surface area contributed by atoms with Gasteiger partial charge in [0.05, 0.1) is 11.1 Å². The summed E-state index contributed by atoms with van der Waals surface area (Å²) in [6.07, 6.45) is 0. The quantitative estimate of drug-likeness (QED) is 0.728. The number of benzene rings is 2. The normalized spacial score (nSPS) is 13.5. The van der Waals surface area contributed by atoms with Crippen LogP contribution in [0.5, 0.6) is 5.75 Å². The molecule has 0 bridgehead atoms. The number of carbonyl (C=O) groups excluding carboxylic acids is 2. The van der Waals surface area contributed by atoms with Crippen molar-refractivity contribution in [3.05, 3.63) is 65.2 Å². The Hall–Kier alpha value is -2.66. The maximum atomic E-state index is 12.3. The first-order valence-corrected chi connectivity index (χ1v) is 8.39. The number of carbonyl (C=O) groups is 2. The molecule has 0 atom stereocenters. The summed E-state index contributed by atoms with van der Waals surface area (Å²) in [5.74, 6) is 0.448. The van der Waals surface area contributed by atoms with Crippen molar-refractivity contribution in [1.82, 2.24) is 9.80 Å². The van der Waals surface area contributed by atoms with Crippen LogP contribution in [0.3, 0.4) is 0 Å². The molecule has 0 saturated carbocycles. The molecular formula is C20H22N2O3. The van der Waals surface area contributed by atoms with Gasteiger partial charge in [-0.15, -0.1) is 0 Å². The van der Waals surface area contributed by atoms with Gasteiger partial charge in [-0.3, -0.25) is 14.5 Å². The van der Waals surface area contributed by atoms with E-state index in [1.807, 2.05) is 38.2 Å². The molecule has 0 aliphatic carbocycles. The Morgan fingerprint density at radius 1 is 0.960 bits per heavy atom. The molecule has 1 aliphatic rings. The highest BCUT2D eigenvalue weighted by molar-refractivity contribution is 6.21. The molecule has 130 valence electrons. The maximum absolute atomic E-state index is 12.3. The van der Waals surface area contributed by atoms with Gasteiger partial charge in [-0.25, -0.2) is 0 Å². The third-order valence-corrected chi connectivity index (χ3v) is 4.31. The zero-order valence-corrected chi connectivity index (χ0v) is 14.6. The molecule has 0 saturated heterocycles. The molecule has 1 aliphatic heterocycles. The van der Waals surface area contributed by atoms with E-state index in [1.54, 1.807) is 24.3 Å². The number of fused-ring (bicyclic) bond motifs is 1. The number of rotatable bonds is 7. The summed E-state index contributed by atoms with van der Waals surface area (Å²) in [5.41, 5.74) is 2.16. The largest absolute Gasteiger partial charge is 0.492 e. The topological polar surface area (TPSA) is 49.9 Å². The summed E-state index contributed by atoms with van der Waals surface area (Å²) in [6, 6.07) is 14.9. The van der Waals surface area contributed by atoms with E-state index >= 15 is 0 Å². The van der Waals surface area contributed by atoms with E-state index in [0.29, 0.717) is 30.8 Å². The molecule has 1 heterocycles. The van der Waals surface area contributed by atoms with Crippen LogP contribution in [0.1, 0.15) is 26.3 Å². The van der Waals surface area contributed by atoms with Crippen LogP contribution >= 0.6 is 0 Å². The Morgan fingerprint density at radius 2 is 1.64 bits per heavy atom. The van der Waals surface area contributed by atoms with Gasteiger partial charge in [0.2, 0.25) is 0 Å². The van der Waals surface area contributed by atoms with Crippen LogP contribution in [0.25, 0.3) is 0 Å². The fraction of sp³-hybridized carbons (Fsp3) is 0.300. The molecule has 5 heteroatoms. The summed E-state index contributed by atoms with van der Waals surface area (Å²) in [5, 5.41) is 0. The number of ether oxygens (including phenoxy) is 1. The Balaban J connectivity index is 1.46. The Bertz CT molecular complexity index is 753. The highest BCUT2D eigenvalue weighted by atomic mass is 16.5. The van der Waals surface area contributed by atoms with E-state index in [0.717, 1.165) is 17.9 Å². The zero-order chi connectivity index (χ0) is 17.8. The van der Waals surface area contributed by atoms with Crippen molar-refractivity contribution in [2.75, 3.05) is 33.3 Å². The highest BCUT2D eigenvalue weighted by Gasteiger charge is 2.34. The average Bonchev–Trinajstić information content (AvgIpc) is 2.85. The summed E-state index contributed by atoms with van der Waals surface area (Å²) in [4.78, 5) is 28.0. The number of hydrogen-bond acceptors (Lipinski definition) is 4. The van der Waals surface area contributed by atoms with E-state index in [1.165, 1.54) is 4.90 Å². The second kappa shape index (κ2) is 7.49. The van der Waals surface area contributed by atoms with Crippen LogP contribution in [0.4, 0.5) is 0 Å². The van der Waals surface area contributed by atoms with Crippen molar-refractivity contribution < 1.29 is 14.3 Å². The summed E-state index contributed by atoms with van der Waals surface area (Å²) in [6.45, 7) is 4.30. The molecular weight excluding hydrogens is 316 g/mol. The smallest absolute Gasteiger partial charge is 0.261 e. The van der Waals surface area contributed by atoms with Crippen LogP contribution in [-0.4, -0.2) is 54.9 Å². The molecule has 0 spiro atoms. The van der Waals surface area contributed by atoms with E-state index in [9.17, 15) is 9.59 Å². The lowest BCUT2D eigenvalue weighted by Gasteiger charge is -2.20. The minimum atomic E-state index is -0.204. The molecule has 0 fully saturated rings. The maximum Gasteiger partial charge on any atom is 0.261 e. The fourth-order valence-corrected chi connectivity index (χ4v) is 2.85. The number of likely N-dealkylation sites (N-methyl/N-ethyl adjacent to an activating group) is 1. The minimum absolute atomic E-state index is 0.204. The molecule has 0 radical (unpaired) electrons. The average molecular weight is 338 g/mol. The first-order chi connectivity index (χ1) is 12.1. The Kier molecular flexibility index (Phi) is 5.14. The first-order valence-electron chi connectivity index (χ1n) is 8.39. The molecule has 2 aromatic rings. The van der Waals surface area contributed by atoms with Gasteiger partial charge in [-0.2, -0.15) is 0 Å². The second-order valence-electron chi connectivity index (χ2n) is 6.28. The van der Waals surface area contributed by atoms with Gasteiger partial charge in [0.25, 0.3) is 11.8 Å². The Labute approximate surface area is 147 Å². The van der Waals surface area contributed by atoms with Crippen molar-refractivity contribution in [3.8, 4) is 5.75 Å². The van der Waals surface area contributed by atoms with Crippen LogP contribution in [0.15, 0.2) is 48.5 Å². The second-order valence-corrected chi connectivity index (χ2v) is 6.28. The predicted molar refractivity (Wildman–Crippen MR) is 96.0 cm³/mol. The van der Waals surface area contributed by atoms with Gasteiger partial charge >= 0.3 is 0 Å². The summed E-state index contributed by atoms with van der Waals surface area (Å²) < 4.78 is 5.73. The molecule has 0 N–H and O–H groups in total. The van der Waals surface area contributed by atoms with Crippen molar-refractivity contribution in [3.63, 3.8) is 0 Å². The summed E-state index contributed by atoms with van der Waals surface area (Å²) in [7, 11) is 1.96. The standard InChI is InChI=1S/C20H22N2O3/c1-15-6-5-7-16(14-15)25-13-12-21(2)10-11-22-19(23)17-8-3-4-9-18(17)20(22)24/h3-9,14H,10-13H2,1-2H3. The van der Waals surface area contributed by atoms with Gasteiger partial charge < -0.3 is 9.64 Å². The third-order valence-electron chi connectivity index (χ3n) is 4.31. The van der Waals surface area contributed by atoms with Crippen LogP contribution in [0, 0.1) is 6.92 Å². The Morgan fingerprint density at radius 3 is 2.28 bits per heavy atom. The number of hydrogen-bond donors (Lipinski definition) is 0. The van der Waals surface area contributed by atoms with Gasteiger partial charge in [-0.1, -0.05) is 24.3 Å². The lowest BCUT2D eigenvalue weighted by Crippen LogP contribution is -2.38. The molecule has 2 amide bonds. The number of imide groups is 1. The lowest BCUT2D eigenvalue weighted by molar-refractivity contribution is 0.0639. The van der Waals surface area contributed by atoms with E-state index in [2.05, 4.69) is 4.90 Å². The van der Waals surface area contributed by atoms with Crippen molar-refractivity contribution in [2.45, 2.75) is 6.92 Å². The van der Waals surface area contributed by atoms with Gasteiger partial charge in [0.15, 0.2) is 0 Å². The number of nitrogens with zero attached hydrogens (tertiary/aromatic N) is 2. The highest BCUT2D eigenvalue weighted by Crippen LogP contribution is 2.22. The number of aryl methyl sites for hydroxylation is 1. The van der Waals surface area contributed by atoms with E-state index in [-0.39, 0.29) is 11.8 Å². The van der Waals surface area contributed by atoms with E-state index < -0.39 is 0 Å². The minimum Gasteiger partial charge on any atom is -0.492 e. The lowest BCUT2D eigenvalue weighted by atomic mass is 10.1. The fourth-order valence-electron chi connectivity index (χ4n) is 2.85. The van der Waals surface area contributed by atoms with E-state index in [4.69, 9.17) is 4.74 Å². The van der Waals surface area contributed by atoms with Gasteiger partial charge in [-0.05, 0) is 43.8 Å². The molecule has 0 unspecified atom stereocenters. The van der Waals surface area contributed by atoms with Crippen molar-refractivity contribution in [2.24, 2.45) is 0 Å². The monoisotopic (exact) mass is 338 g/mol. The van der Waals surface area contributed by atoms with Crippen molar-refractivity contribution in [1.29, 1.82) is 0 Å². The molecule has 2 aromatic carbocycles. The molecule has 0 aromatic heterocycles. The molecule has 25 heavy (non-hydrogen) atoms. The molecule has 5 nitrogen and oxygen atoms in total. The van der Waals surface area contributed by atoms with Crippen LogP contribution in [-0.2, 0) is 0 Å². The van der Waals surface area contributed by atoms with Gasteiger partial charge in [0, 0.05) is 19.6 Å². The molecule has 3 rings (SSSR count). The third kappa shape index (κ3) is 3.88. The first kappa shape index (κ1) is 17.2. The van der Waals surface area contributed by atoms with Crippen molar-refractivity contribution >= 4 is 11.8 Å². The number of amides is 2. The SMILES string of the molecule is Cc1cccc(OCCN(C)CCN2C(=O)c3ccccc3C2=O)c1. The zero-order valence-electron chi connectivity index (χ0n) is 14.6. The summed E-state index contributed by atoms with van der Waals surface area (Å²) >= 11 is 0. The van der Waals surface area contributed by atoms with Crippen LogP contribution < -0.4 is 4.74 Å².